The van der Waals surface area contributed by atoms with Crippen LogP contribution in [0.5, 0.6) is 0 Å². The molecule has 3 aliphatic rings. The Labute approximate surface area is 217 Å². The SMILES string of the molecule is C1=CC(C2=CC(N(c3ccccc3)c3cncnc3)=CCC=C2)c2cccc3c2C(=C1)c1ccccc1-3. The predicted octanol–water partition coefficient (Wildman–Crippen LogP) is 8.15. The van der Waals surface area contributed by atoms with E-state index in [1.807, 2.05) is 18.5 Å². The van der Waals surface area contributed by atoms with Gasteiger partial charge in [-0.1, -0.05) is 97.1 Å². The van der Waals surface area contributed by atoms with Gasteiger partial charge in [-0.25, -0.2) is 9.97 Å². The number of aromatic nitrogens is 2. The Hall–Kier alpha value is -4.76. The van der Waals surface area contributed by atoms with Crippen LogP contribution in [0.15, 0.2) is 145 Å². The fraction of sp³-hybridized carbons (Fsp3) is 0.0588. The average Bonchev–Trinajstić information content (AvgIpc) is 3.10. The van der Waals surface area contributed by atoms with Gasteiger partial charge in [0.25, 0.3) is 0 Å². The second kappa shape index (κ2) is 9.03. The highest BCUT2D eigenvalue weighted by Crippen LogP contribution is 2.49. The van der Waals surface area contributed by atoms with E-state index in [0.717, 1.165) is 23.5 Å². The highest BCUT2D eigenvalue weighted by atomic mass is 15.2. The van der Waals surface area contributed by atoms with Gasteiger partial charge in [0.2, 0.25) is 0 Å². The van der Waals surface area contributed by atoms with E-state index in [4.69, 9.17) is 0 Å². The highest BCUT2D eigenvalue weighted by molar-refractivity contribution is 6.03. The normalized spacial score (nSPS) is 17.1. The molecule has 1 heterocycles. The zero-order valence-corrected chi connectivity index (χ0v) is 20.3. The van der Waals surface area contributed by atoms with Gasteiger partial charge in [-0.3, -0.25) is 0 Å². The molecule has 0 aliphatic heterocycles. The summed E-state index contributed by atoms with van der Waals surface area (Å²) < 4.78 is 0. The lowest BCUT2D eigenvalue weighted by atomic mass is 9.85. The van der Waals surface area contributed by atoms with Gasteiger partial charge in [-0.2, -0.15) is 0 Å². The minimum absolute atomic E-state index is 0.139. The minimum Gasteiger partial charge on any atom is -0.308 e. The molecule has 3 aliphatic carbocycles. The van der Waals surface area contributed by atoms with Gasteiger partial charge in [0.05, 0.1) is 18.1 Å². The first kappa shape index (κ1) is 21.5. The summed E-state index contributed by atoms with van der Waals surface area (Å²) in [5, 5.41) is 0. The fourth-order valence-electron chi connectivity index (χ4n) is 5.72. The summed E-state index contributed by atoms with van der Waals surface area (Å²) in [6.07, 6.45) is 22.2. The van der Waals surface area contributed by atoms with E-state index in [1.165, 1.54) is 39.0 Å². The first-order valence-corrected chi connectivity index (χ1v) is 12.7. The van der Waals surface area contributed by atoms with Crippen LogP contribution in [0.25, 0.3) is 16.7 Å². The number of hydrogen-bond acceptors (Lipinski definition) is 3. The molecule has 0 bridgehead atoms. The average molecular weight is 476 g/mol. The summed E-state index contributed by atoms with van der Waals surface area (Å²) >= 11 is 0. The molecule has 3 nitrogen and oxygen atoms in total. The van der Waals surface area contributed by atoms with Crippen LogP contribution in [-0.2, 0) is 0 Å². The van der Waals surface area contributed by atoms with Crippen LogP contribution in [-0.4, -0.2) is 9.97 Å². The van der Waals surface area contributed by atoms with Crippen molar-refractivity contribution in [3.8, 4) is 11.1 Å². The molecule has 3 aromatic carbocycles. The molecule has 0 saturated carbocycles. The summed E-state index contributed by atoms with van der Waals surface area (Å²) in [6.45, 7) is 0. The largest absolute Gasteiger partial charge is 0.308 e. The van der Waals surface area contributed by atoms with Gasteiger partial charge >= 0.3 is 0 Å². The first-order chi connectivity index (χ1) is 18.4. The first-order valence-electron chi connectivity index (χ1n) is 12.7. The second-order valence-corrected chi connectivity index (χ2v) is 9.44. The molecule has 176 valence electrons. The van der Waals surface area contributed by atoms with Gasteiger partial charge < -0.3 is 4.90 Å². The van der Waals surface area contributed by atoms with E-state index in [0.29, 0.717) is 0 Å². The number of nitrogens with zero attached hydrogens (tertiary/aromatic N) is 3. The molecular weight excluding hydrogens is 450 g/mol. The van der Waals surface area contributed by atoms with E-state index >= 15 is 0 Å². The Morgan fingerprint density at radius 1 is 0.757 bits per heavy atom. The van der Waals surface area contributed by atoms with E-state index in [1.54, 1.807) is 6.33 Å². The lowest BCUT2D eigenvalue weighted by molar-refractivity contribution is 1.02. The third-order valence-electron chi connectivity index (χ3n) is 7.30. The van der Waals surface area contributed by atoms with Crippen LogP contribution in [0, 0.1) is 0 Å². The summed E-state index contributed by atoms with van der Waals surface area (Å²) in [7, 11) is 0. The molecule has 0 N–H and O–H groups in total. The molecule has 0 fully saturated rings. The van der Waals surface area contributed by atoms with Crippen LogP contribution in [0.4, 0.5) is 11.4 Å². The molecule has 7 rings (SSSR count). The van der Waals surface area contributed by atoms with Crippen LogP contribution in [0.1, 0.15) is 29.0 Å². The zero-order valence-electron chi connectivity index (χ0n) is 20.3. The molecule has 3 heteroatoms. The number of anilines is 2. The lowest BCUT2D eigenvalue weighted by Gasteiger charge is -2.26. The molecule has 4 aromatic rings. The maximum absolute atomic E-state index is 4.31. The maximum Gasteiger partial charge on any atom is 0.115 e. The summed E-state index contributed by atoms with van der Waals surface area (Å²) in [5.74, 6) is 0.139. The number of hydrogen-bond donors (Lipinski definition) is 0. The van der Waals surface area contributed by atoms with Gasteiger partial charge in [-0.05, 0) is 63.6 Å². The monoisotopic (exact) mass is 475 g/mol. The number of benzene rings is 3. The maximum atomic E-state index is 4.31. The van der Waals surface area contributed by atoms with Crippen molar-refractivity contribution in [2.75, 3.05) is 4.90 Å². The van der Waals surface area contributed by atoms with Gasteiger partial charge in [0, 0.05) is 17.3 Å². The Bertz CT molecular complexity index is 1600. The van der Waals surface area contributed by atoms with Crippen LogP contribution < -0.4 is 4.90 Å². The van der Waals surface area contributed by atoms with Crippen molar-refractivity contribution in [3.05, 3.63) is 162 Å². The van der Waals surface area contributed by atoms with Crippen LogP contribution >= 0.6 is 0 Å². The van der Waals surface area contributed by atoms with Gasteiger partial charge in [0.15, 0.2) is 0 Å². The molecule has 0 amide bonds. The molecule has 1 aromatic heterocycles. The fourth-order valence-corrected chi connectivity index (χ4v) is 5.72. The minimum atomic E-state index is 0.139. The smallest absolute Gasteiger partial charge is 0.115 e. The molecule has 0 saturated heterocycles. The highest BCUT2D eigenvalue weighted by Gasteiger charge is 2.30. The van der Waals surface area contributed by atoms with Crippen molar-refractivity contribution in [1.29, 1.82) is 0 Å². The van der Waals surface area contributed by atoms with Crippen molar-refractivity contribution < 1.29 is 0 Å². The van der Waals surface area contributed by atoms with E-state index in [9.17, 15) is 0 Å². The summed E-state index contributed by atoms with van der Waals surface area (Å²) in [5.41, 5.74) is 12.4. The van der Waals surface area contributed by atoms with Crippen molar-refractivity contribution in [3.63, 3.8) is 0 Å². The lowest BCUT2D eigenvalue weighted by Crippen LogP contribution is -2.16. The Kier molecular flexibility index (Phi) is 5.25. The van der Waals surface area contributed by atoms with E-state index in [-0.39, 0.29) is 5.92 Å². The number of allylic oxidation sites excluding steroid dienone is 8. The zero-order chi connectivity index (χ0) is 24.6. The number of fused-ring (bicyclic) bond motifs is 3. The van der Waals surface area contributed by atoms with Crippen molar-refractivity contribution in [2.24, 2.45) is 0 Å². The van der Waals surface area contributed by atoms with E-state index in [2.05, 4.69) is 124 Å². The Balaban J connectivity index is 1.36. The van der Waals surface area contributed by atoms with Crippen molar-refractivity contribution >= 4 is 16.9 Å². The summed E-state index contributed by atoms with van der Waals surface area (Å²) in [6, 6.07) is 25.9. The molecule has 0 radical (unpaired) electrons. The number of rotatable bonds is 4. The summed E-state index contributed by atoms with van der Waals surface area (Å²) in [4.78, 5) is 10.9. The van der Waals surface area contributed by atoms with Crippen LogP contribution in [0.2, 0.25) is 0 Å². The quantitative estimate of drug-likeness (QED) is 0.263. The van der Waals surface area contributed by atoms with E-state index < -0.39 is 0 Å². The molecule has 1 atom stereocenters. The van der Waals surface area contributed by atoms with Gasteiger partial charge in [-0.15, -0.1) is 0 Å². The Morgan fingerprint density at radius 2 is 1.54 bits per heavy atom. The standard InChI is InChI=1S/C34H25N3/c1-2-11-25(12-3-1)37(27-21-35-23-36-22-27)26-13-5-4-10-24(20-26)28-16-8-18-32-29-14-6-7-15-30(29)33-19-9-17-31(28)34(32)33/h1-4,6-23,28H,5H2. The Morgan fingerprint density at radius 3 is 2.41 bits per heavy atom. The van der Waals surface area contributed by atoms with Crippen molar-refractivity contribution in [1.82, 2.24) is 9.97 Å². The van der Waals surface area contributed by atoms with Crippen molar-refractivity contribution in [2.45, 2.75) is 12.3 Å². The van der Waals surface area contributed by atoms with Gasteiger partial charge in [0.1, 0.15) is 6.33 Å². The third-order valence-corrected chi connectivity index (χ3v) is 7.30. The topological polar surface area (TPSA) is 29.0 Å². The molecule has 0 spiro atoms. The number of para-hydroxylation sites is 1. The molecule has 37 heavy (non-hydrogen) atoms. The van der Waals surface area contributed by atoms with Crippen LogP contribution in [0.3, 0.4) is 0 Å². The third kappa shape index (κ3) is 3.68. The molecule has 1 unspecified atom stereocenters. The molecular formula is C34H25N3. The second-order valence-electron chi connectivity index (χ2n) is 9.44. The predicted molar refractivity (Wildman–Crippen MR) is 151 cm³/mol.